The van der Waals surface area contributed by atoms with Crippen LogP contribution < -0.4 is 16.8 Å². The number of hydrogen-bond acceptors (Lipinski definition) is 5. The lowest BCUT2D eigenvalue weighted by atomic mass is 10.1. The van der Waals surface area contributed by atoms with Crippen molar-refractivity contribution in [3.8, 4) is 0 Å². The second-order valence-corrected chi connectivity index (χ2v) is 3.71. The average molecular weight is 209 g/mol. The summed E-state index contributed by atoms with van der Waals surface area (Å²) < 4.78 is 0. The molecule has 0 aromatic carbocycles. The Morgan fingerprint density at radius 3 is 2.80 bits per heavy atom. The van der Waals surface area contributed by atoms with Crippen molar-refractivity contribution in [1.29, 1.82) is 0 Å². The van der Waals surface area contributed by atoms with Crippen molar-refractivity contribution >= 4 is 17.3 Å². The Morgan fingerprint density at radius 1 is 1.40 bits per heavy atom. The van der Waals surface area contributed by atoms with Crippen molar-refractivity contribution in [2.45, 2.75) is 39.2 Å². The molecular weight excluding hydrogens is 190 g/mol. The Morgan fingerprint density at radius 2 is 2.13 bits per heavy atom. The third kappa shape index (κ3) is 3.27. The fraction of sp³-hybridized carbons (Fsp3) is 0.600. The molecule has 84 valence electrons. The van der Waals surface area contributed by atoms with E-state index in [1.165, 1.54) is 19.2 Å². The van der Waals surface area contributed by atoms with Crippen LogP contribution in [-0.2, 0) is 0 Å². The van der Waals surface area contributed by atoms with E-state index in [1.807, 2.05) is 0 Å². The quantitative estimate of drug-likeness (QED) is 0.685. The third-order valence-electron chi connectivity index (χ3n) is 2.29. The van der Waals surface area contributed by atoms with E-state index < -0.39 is 0 Å². The molecule has 5 nitrogen and oxygen atoms in total. The molecule has 1 aromatic heterocycles. The molecule has 0 fully saturated rings. The van der Waals surface area contributed by atoms with Gasteiger partial charge in [0.05, 0.1) is 0 Å². The summed E-state index contributed by atoms with van der Waals surface area (Å²) in [7, 11) is 0. The zero-order valence-corrected chi connectivity index (χ0v) is 9.33. The summed E-state index contributed by atoms with van der Waals surface area (Å²) in [6.45, 7) is 4.27. The molecule has 15 heavy (non-hydrogen) atoms. The van der Waals surface area contributed by atoms with Crippen molar-refractivity contribution in [3.05, 3.63) is 6.33 Å². The number of anilines is 3. The maximum absolute atomic E-state index is 5.75. The van der Waals surface area contributed by atoms with Gasteiger partial charge in [-0.3, -0.25) is 0 Å². The van der Waals surface area contributed by atoms with Crippen LogP contribution in [-0.4, -0.2) is 16.0 Å². The van der Waals surface area contributed by atoms with Gasteiger partial charge in [-0.15, -0.1) is 0 Å². The van der Waals surface area contributed by atoms with Crippen molar-refractivity contribution in [3.63, 3.8) is 0 Å². The third-order valence-corrected chi connectivity index (χ3v) is 2.29. The second-order valence-electron chi connectivity index (χ2n) is 3.71. The number of nitrogens with two attached hydrogens (primary N) is 2. The molecule has 0 saturated heterocycles. The summed E-state index contributed by atoms with van der Waals surface area (Å²) in [4.78, 5) is 7.87. The predicted molar refractivity (Wildman–Crippen MR) is 63.5 cm³/mol. The van der Waals surface area contributed by atoms with Crippen molar-refractivity contribution in [2.24, 2.45) is 0 Å². The summed E-state index contributed by atoms with van der Waals surface area (Å²) >= 11 is 0. The van der Waals surface area contributed by atoms with Gasteiger partial charge in [-0.05, 0) is 13.3 Å². The minimum atomic E-state index is 0.329. The molecule has 0 aliphatic rings. The summed E-state index contributed by atoms with van der Waals surface area (Å²) in [6, 6.07) is 0.349. The lowest BCUT2D eigenvalue weighted by molar-refractivity contribution is 0.643. The van der Waals surface area contributed by atoms with Gasteiger partial charge < -0.3 is 16.8 Å². The van der Waals surface area contributed by atoms with Crippen molar-refractivity contribution < 1.29 is 0 Å². The van der Waals surface area contributed by atoms with Crippen LogP contribution in [0.5, 0.6) is 0 Å². The van der Waals surface area contributed by atoms with Crippen LogP contribution in [0.2, 0.25) is 0 Å². The maximum atomic E-state index is 5.75. The Bertz CT molecular complexity index is 313. The number of unbranched alkanes of at least 4 members (excludes halogenated alkanes) is 1. The molecule has 5 heteroatoms. The number of nitrogens with one attached hydrogen (secondary N) is 1. The smallest absolute Gasteiger partial charge is 0.155 e. The van der Waals surface area contributed by atoms with E-state index in [0.717, 1.165) is 6.42 Å². The number of hydrogen-bond donors (Lipinski definition) is 3. The summed E-state index contributed by atoms with van der Waals surface area (Å²) in [6.07, 6.45) is 4.89. The van der Waals surface area contributed by atoms with Crippen LogP contribution in [0, 0.1) is 0 Å². The number of aromatic nitrogens is 2. The SMILES string of the molecule is CCCCC(C)Nc1ncnc(N)c1N. The molecule has 1 unspecified atom stereocenters. The van der Waals surface area contributed by atoms with Crippen LogP contribution in [0.1, 0.15) is 33.1 Å². The molecule has 0 amide bonds. The van der Waals surface area contributed by atoms with E-state index in [4.69, 9.17) is 11.5 Å². The molecule has 0 saturated carbocycles. The first kappa shape index (κ1) is 11.6. The van der Waals surface area contributed by atoms with Gasteiger partial charge in [0.25, 0.3) is 0 Å². The van der Waals surface area contributed by atoms with E-state index >= 15 is 0 Å². The van der Waals surface area contributed by atoms with Crippen LogP contribution >= 0.6 is 0 Å². The van der Waals surface area contributed by atoms with E-state index in [-0.39, 0.29) is 0 Å². The Balaban J connectivity index is 2.60. The van der Waals surface area contributed by atoms with Crippen LogP contribution in [0.4, 0.5) is 17.3 Å². The first-order chi connectivity index (χ1) is 7.15. The molecule has 0 aliphatic heterocycles. The van der Waals surface area contributed by atoms with Gasteiger partial charge in [-0.1, -0.05) is 19.8 Å². The Hall–Kier alpha value is -1.52. The Labute approximate surface area is 90.3 Å². The molecule has 0 spiro atoms. The van der Waals surface area contributed by atoms with Crippen LogP contribution in [0.15, 0.2) is 6.33 Å². The van der Waals surface area contributed by atoms with Gasteiger partial charge in [-0.2, -0.15) is 0 Å². The molecule has 1 aromatic rings. The molecule has 1 heterocycles. The highest BCUT2D eigenvalue weighted by Gasteiger charge is 2.07. The van der Waals surface area contributed by atoms with Crippen LogP contribution in [0.25, 0.3) is 0 Å². The van der Waals surface area contributed by atoms with Gasteiger partial charge >= 0.3 is 0 Å². The second kappa shape index (κ2) is 5.38. The van der Waals surface area contributed by atoms with E-state index in [2.05, 4.69) is 29.1 Å². The number of nitrogens with zero attached hydrogens (tertiary/aromatic N) is 2. The molecule has 1 rings (SSSR count). The van der Waals surface area contributed by atoms with E-state index in [9.17, 15) is 0 Å². The highest BCUT2D eigenvalue weighted by molar-refractivity contribution is 5.72. The minimum Gasteiger partial charge on any atom is -0.393 e. The largest absolute Gasteiger partial charge is 0.393 e. The highest BCUT2D eigenvalue weighted by Crippen LogP contribution is 2.20. The lowest BCUT2D eigenvalue weighted by Gasteiger charge is -2.15. The number of rotatable bonds is 5. The van der Waals surface area contributed by atoms with E-state index in [1.54, 1.807) is 0 Å². The molecular formula is C10H19N5. The Kier molecular flexibility index (Phi) is 4.15. The van der Waals surface area contributed by atoms with Gasteiger partial charge in [0.15, 0.2) is 11.6 Å². The fourth-order valence-corrected chi connectivity index (χ4v) is 1.34. The predicted octanol–water partition coefficient (Wildman–Crippen LogP) is 1.63. The molecule has 1 atom stereocenters. The summed E-state index contributed by atoms with van der Waals surface area (Å²) in [5, 5.41) is 3.23. The normalized spacial score (nSPS) is 12.4. The molecule has 0 radical (unpaired) electrons. The van der Waals surface area contributed by atoms with Gasteiger partial charge in [0.1, 0.15) is 12.0 Å². The zero-order valence-electron chi connectivity index (χ0n) is 9.33. The van der Waals surface area contributed by atoms with Gasteiger partial charge in [0, 0.05) is 6.04 Å². The van der Waals surface area contributed by atoms with Crippen LogP contribution in [0.3, 0.4) is 0 Å². The maximum Gasteiger partial charge on any atom is 0.155 e. The summed E-state index contributed by atoms with van der Waals surface area (Å²) in [5.74, 6) is 0.960. The van der Waals surface area contributed by atoms with Crippen molar-refractivity contribution in [2.75, 3.05) is 16.8 Å². The monoisotopic (exact) mass is 209 g/mol. The standard InChI is InChI=1S/C10H19N5/c1-3-4-5-7(2)15-10-8(11)9(12)13-6-14-10/h6-7H,3-5,11H2,1-2H3,(H3,12,13,14,15). The minimum absolute atomic E-state index is 0.329. The zero-order chi connectivity index (χ0) is 11.3. The topological polar surface area (TPSA) is 89.8 Å². The number of nitrogen functional groups attached to an aromatic ring is 2. The first-order valence-electron chi connectivity index (χ1n) is 5.27. The molecule has 0 aliphatic carbocycles. The average Bonchev–Trinajstić information content (AvgIpc) is 2.22. The van der Waals surface area contributed by atoms with Crippen molar-refractivity contribution in [1.82, 2.24) is 9.97 Å². The fourth-order valence-electron chi connectivity index (χ4n) is 1.34. The lowest BCUT2D eigenvalue weighted by Crippen LogP contribution is -2.17. The highest BCUT2D eigenvalue weighted by atomic mass is 15.1. The molecule has 5 N–H and O–H groups in total. The first-order valence-corrected chi connectivity index (χ1v) is 5.27. The van der Waals surface area contributed by atoms with Gasteiger partial charge in [0.2, 0.25) is 0 Å². The summed E-state index contributed by atoms with van der Waals surface area (Å²) in [5.41, 5.74) is 11.8. The molecule has 0 bridgehead atoms. The van der Waals surface area contributed by atoms with Gasteiger partial charge in [-0.25, -0.2) is 9.97 Å². The van der Waals surface area contributed by atoms with E-state index in [0.29, 0.717) is 23.4 Å².